The van der Waals surface area contributed by atoms with Crippen molar-refractivity contribution in [3.63, 3.8) is 0 Å². The monoisotopic (exact) mass is 395 g/mol. The van der Waals surface area contributed by atoms with Gasteiger partial charge in [0.2, 0.25) is 11.8 Å². The third-order valence-electron chi connectivity index (χ3n) is 5.80. The Bertz CT molecular complexity index is 848. The smallest absolute Gasteiger partial charge is 0.250 e. The third kappa shape index (κ3) is 4.26. The molecule has 0 saturated carbocycles. The van der Waals surface area contributed by atoms with Crippen molar-refractivity contribution in [1.82, 2.24) is 9.80 Å². The number of anilines is 1. The van der Waals surface area contributed by atoms with Crippen LogP contribution in [0.25, 0.3) is 0 Å². The molecule has 0 aromatic heterocycles. The minimum absolute atomic E-state index is 0.00907. The molecular weight excluding hydrogens is 369 g/mol. The van der Waals surface area contributed by atoms with Crippen molar-refractivity contribution in [2.45, 2.75) is 25.3 Å². The first-order valence-electron chi connectivity index (χ1n) is 10.3. The summed E-state index contributed by atoms with van der Waals surface area (Å²) in [6, 6.07) is 15.5. The molecule has 2 aliphatic heterocycles. The van der Waals surface area contributed by atoms with Crippen LogP contribution in [0.4, 0.5) is 10.1 Å². The van der Waals surface area contributed by atoms with Crippen molar-refractivity contribution in [3.8, 4) is 0 Å². The van der Waals surface area contributed by atoms with Crippen LogP contribution in [-0.2, 0) is 9.59 Å². The van der Waals surface area contributed by atoms with Gasteiger partial charge in [0.05, 0.1) is 0 Å². The topological polar surface area (TPSA) is 43.9 Å². The van der Waals surface area contributed by atoms with Crippen LogP contribution in [0.5, 0.6) is 0 Å². The van der Waals surface area contributed by atoms with E-state index in [4.69, 9.17) is 0 Å². The van der Waals surface area contributed by atoms with E-state index >= 15 is 0 Å². The van der Waals surface area contributed by atoms with E-state index in [-0.39, 0.29) is 17.6 Å². The second-order valence-corrected chi connectivity index (χ2v) is 7.65. The lowest BCUT2D eigenvalue weighted by atomic mass is 9.99. The number of hydrogen-bond donors (Lipinski definition) is 0. The Hall–Kier alpha value is -2.89. The van der Waals surface area contributed by atoms with Gasteiger partial charge in [0.25, 0.3) is 0 Å². The fourth-order valence-corrected chi connectivity index (χ4v) is 4.20. The fourth-order valence-electron chi connectivity index (χ4n) is 4.20. The van der Waals surface area contributed by atoms with Gasteiger partial charge in [0, 0.05) is 44.8 Å². The predicted octanol–water partition coefficient (Wildman–Crippen LogP) is 3.23. The Morgan fingerprint density at radius 2 is 1.55 bits per heavy atom. The van der Waals surface area contributed by atoms with Gasteiger partial charge in [-0.15, -0.1) is 0 Å². The molecule has 0 spiro atoms. The van der Waals surface area contributed by atoms with Gasteiger partial charge in [-0.05, 0) is 42.7 Å². The van der Waals surface area contributed by atoms with Crippen LogP contribution in [-0.4, -0.2) is 54.3 Å². The molecule has 2 aromatic carbocycles. The molecule has 2 saturated heterocycles. The Kier molecular flexibility index (Phi) is 5.79. The summed E-state index contributed by atoms with van der Waals surface area (Å²) in [5.41, 5.74) is 1.83. The molecule has 1 atom stereocenters. The molecule has 0 N–H and O–H groups in total. The molecule has 2 heterocycles. The summed E-state index contributed by atoms with van der Waals surface area (Å²) in [6.45, 7) is 3.17. The van der Waals surface area contributed by atoms with Crippen molar-refractivity contribution >= 4 is 17.5 Å². The van der Waals surface area contributed by atoms with Gasteiger partial charge in [-0.2, -0.15) is 0 Å². The molecule has 2 fully saturated rings. The first kappa shape index (κ1) is 19.4. The van der Waals surface area contributed by atoms with E-state index in [0.717, 1.165) is 24.1 Å². The highest BCUT2D eigenvalue weighted by molar-refractivity contribution is 5.89. The highest BCUT2D eigenvalue weighted by Gasteiger charge is 2.36. The predicted molar refractivity (Wildman–Crippen MR) is 110 cm³/mol. The number of benzene rings is 2. The molecule has 5 nitrogen and oxygen atoms in total. The number of nitrogens with zero attached hydrogens (tertiary/aromatic N) is 3. The van der Waals surface area contributed by atoms with E-state index in [9.17, 15) is 14.0 Å². The maximum atomic E-state index is 13.5. The summed E-state index contributed by atoms with van der Waals surface area (Å²) < 4.78 is 13.2. The van der Waals surface area contributed by atoms with Gasteiger partial charge in [-0.1, -0.05) is 30.3 Å². The van der Waals surface area contributed by atoms with Crippen LogP contribution in [0.3, 0.4) is 0 Å². The van der Waals surface area contributed by atoms with E-state index in [1.807, 2.05) is 35.2 Å². The summed E-state index contributed by atoms with van der Waals surface area (Å²) in [7, 11) is 0. The van der Waals surface area contributed by atoms with E-state index in [0.29, 0.717) is 39.1 Å². The SMILES string of the molecule is O=C(C(c1ccccc1)N1CCCCC1=O)N1CCN(c2ccc(F)cc2)CC1. The van der Waals surface area contributed by atoms with Gasteiger partial charge < -0.3 is 14.7 Å². The number of carbonyl (C=O) groups is 2. The Balaban J connectivity index is 1.49. The Morgan fingerprint density at radius 1 is 0.862 bits per heavy atom. The normalized spacial score (nSPS) is 18.7. The first-order chi connectivity index (χ1) is 14.1. The van der Waals surface area contributed by atoms with Gasteiger partial charge in [0.15, 0.2) is 0 Å². The average molecular weight is 395 g/mol. The summed E-state index contributed by atoms with van der Waals surface area (Å²) in [6.07, 6.45) is 2.33. The van der Waals surface area contributed by atoms with Gasteiger partial charge in [-0.25, -0.2) is 4.39 Å². The van der Waals surface area contributed by atoms with Crippen molar-refractivity contribution in [2.75, 3.05) is 37.6 Å². The lowest BCUT2D eigenvalue weighted by Gasteiger charge is -2.41. The fraction of sp³-hybridized carbons (Fsp3) is 0.391. The summed E-state index contributed by atoms with van der Waals surface area (Å²) in [4.78, 5) is 31.9. The van der Waals surface area contributed by atoms with Crippen LogP contribution < -0.4 is 4.90 Å². The first-order valence-corrected chi connectivity index (χ1v) is 10.3. The number of halogens is 1. The number of rotatable bonds is 4. The Morgan fingerprint density at radius 3 is 2.21 bits per heavy atom. The molecule has 6 heteroatoms. The van der Waals surface area contributed by atoms with Crippen molar-refractivity contribution in [2.24, 2.45) is 0 Å². The van der Waals surface area contributed by atoms with Crippen LogP contribution in [0.2, 0.25) is 0 Å². The average Bonchev–Trinajstić information content (AvgIpc) is 2.77. The van der Waals surface area contributed by atoms with Gasteiger partial charge in [-0.3, -0.25) is 9.59 Å². The molecule has 0 bridgehead atoms. The van der Waals surface area contributed by atoms with Crippen molar-refractivity contribution in [1.29, 1.82) is 0 Å². The molecule has 2 amide bonds. The molecule has 4 rings (SSSR count). The molecule has 1 unspecified atom stereocenters. The lowest BCUT2D eigenvalue weighted by molar-refractivity contribution is -0.148. The quantitative estimate of drug-likeness (QED) is 0.798. The van der Waals surface area contributed by atoms with Crippen LogP contribution in [0, 0.1) is 5.82 Å². The zero-order valence-corrected chi connectivity index (χ0v) is 16.5. The van der Waals surface area contributed by atoms with Crippen LogP contribution in [0.1, 0.15) is 30.9 Å². The number of carbonyl (C=O) groups excluding carboxylic acids is 2. The van der Waals surface area contributed by atoms with Crippen LogP contribution >= 0.6 is 0 Å². The van der Waals surface area contributed by atoms with E-state index in [2.05, 4.69) is 4.90 Å². The molecule has 0 aliphatic carbocycles. The minimum Gasteiger partial charge on any atom is -0.368 e. The van der Waals surface area contributed by atoms with Crippen LogP contribution in [0.15, 0.2) is 54.6 Å². The number of amides is 2. The zero-order chi connectivity index (χ0) is 20.2. The molecule has 29 heavy (non-hydrogen) atoms. The van der Waals surface area contributed by atoms with Gasteiger partial charge in [0.1, 0.15) is 11.9 Å². The number of likely N-dealkylation sites (tertiary alicyclic amines) is 1. The summed E-state index contributed by atoms with van der Waals surface area (Å²) in [5.74, 6) is -0.201. The van der Waals surface area contributed by atoms with E-state index in [1.165, 1.54) is 12.1 Å². The van der Waals surface area contributed by atoms with E-state index in [1.54, 1.807) is 17.0 Å². The van der Waals surface area contributed by atoms with Crippen molar-refractivity contribution < 1.29 is 14.0 Å². The largest absolute Gasteiger partial charge is 0.368 e. The lowest BCUT2D eigenvalue weighted by Crippen LogP contribution is -2.53. The van der Waals surface area contributed by atoms with E-state index < -0.39 is 6.04 Å². The highest BCUT2D eigenvalue weighted by Crippen LogP contribution is 2.28. The molecule has 2 aliphatic rings. The van der Waals surface area contributed by atoms with Gasteiger partial charge >= 0.3 is 0 Å². The maximum absolute atomic E-state index is 13.5. The standard InChI is InChI=1S/C23H26FN3O2/c24-19-9-11-20(12-10-19)25-14-16-26(17-15-25)23(29)22(18-6-2-1-3-7-18)27-13-5-4-8-21(27)28/h1-3,6-7,9-12,22H,4-5,8,13-17H2. The number of piperidine rings is 1. The molecule has 2 aromatic rings. The third-order valence-corrected chi connectivity index (χ3v) is 5.80. The maximum Gasteiger partial charge on any atom is 0.250 e. The summed E-state index contributed by atoms with van der Waals surface area (Å²) in [5, 5.41) is 0. The second kappa shape index (κ2) is 8.64. The number of hydrogen-bond acceptors (Lipinski definition) is 3. The zero-order valence-electron chi connectivity index (χ0n) is 16.5. The van der Waals surface area contributed by atoms with Crippen molar-refractivity contribution in [3.05, 3.63) is 66.0 Å². The second-order valence-electron chi connectivity index (χ2n) is 7.65. The highest BCUT2D eigenvalue weighted by atomic mass is 19.1. The minimum atomic E-state index is -0.554. The Labute approximate surface area is 170 Å². The molecular formula is C23H26FN3O2. The number of piperazine rings is 1. The molecule has 0 radical (unpaired) electrons. The summed E-state index contributed by atoms with van der Waals surface area (Å²) >= 11 is 0. The molecule has 152 valence electrons.